The Morgan fingerprint density at radius 1 is 1.25 bits per heavy atom. The molecule has 0 aliphatic heterocycles. The van der Waals surface area contributed by atoms with Crippen LogP contribution < -0.4 is 11.1 Å². The molecule has 0 saturated heterocycles. The Bertz CT molecular complexity index is 167. The number of rotatable bonds is 6. The Hall–Kier alpha value is -0.120. The SMILES string of the molecule is CC(CCO)NC(CN)C1CCCCCC1. The maximum absolute atomic E-state index is 8.91. The van der Waals surface area contributed by atoms with Gasteiger partial charge in [0.05, 0.1) is 0 Å². The molecule has 1 fully saturated rings. The van der Waals surface area contributed by atoms with Crippen molar-refractivity contribution in [2.24, 2.45) is 11.7 Å². The standard InChI is InChI=1S/C13H28N2O/c1-11(8-9-16)15-13(10-14)12-6-4-2-3-5-7-12/h11-13,15-16H,2-10,14H2,1H3. The molecule has 1 saturated carbocycles. The summed E-state index contributed by atoms with van der Waals surface area (Å²) in [6.07, 6.45) is 8.96. The van der Waals surface area contributed by atoms with Gasteiger partial charge in [-0.05, 0) is 32.1 Å². The van der Waals surface area contributed by atoms with E-state index in [9.17, 15) is 0 Å². The molecule has 1 rings (SSSR count). The molecule has 0 spiro atoms. The Morgan fingerprint density at radius 3 is 2.38 bits per heavy atom. The third kappa shape index (κ3) is 4.81. The van der Waals surface area contributed by atoms with Gasteiger partial charge >= 0.3 is 0 Å². The minimum Gasteiger partial charge on any atom is -0.396 e. The van der Waals surface area contributed by atoms with Crippen LogP contribution in [0.25, 0.3) is 0 Å². The zero-order valence-corrected chi connectivity index (χ0v) is 10.6. The van der Waals surface area contributed by atoms with Gasteiger partial charge in [-0.3, -0.25) is 0 Å². The average Bonchev–Trinajstić information content (AvgIpc) is 2.55. The van der Waals surface area contributed by atoms with Crippen molar-refractivity contribution in [1.82, 2.24) is 5.32 Å². The zero-order chi connectivity index (χ0) is 11.8. The molecule has 2 unspecified atom stereocenters. The van der Waals surface area contributed by atoms with Crippen molar-refractivity contribution >= 4 is 0 Å². The number of hydrogen-bond donors (Lipinski definition) is 3. The van der Waals surface area contributed by atoms with E-state index in [-0.39, 0.29) is 6.61 Å². The van der Waals surface area contributed by atoms with Gasteiger partial charge in [-0.1, -0.05) is 25.7 Å². The first-order valence-electron chi connectivity index (χ1n) is 6.85. The van der Waals surface area contributed by atoms with Crippen LogP contribution in [0.1, 0.15) is 51.9 Å². The number of aliphatic hydroxyl groups is 1. The molecule has 0 aromatic heterocycles. The van der Waals surface area contributed by atoms with E-state index < -0.39 is 0 Å². The van der Waals surface area contributed by atoms with Gasteiger partial charge in [0.2, 0.25) is 0 Å². The van der Waals surface area contributed by atoms with Crippen LogP contribution in [0.4, 0.5) is 0 Å². The Kier molecular flexibility index (Phi) is 7.01. The lowest BCUT2D eigenvalue weighted by Crippen LogP contribution is -2.46. The van der Waals surface area contributed by atoms with Gasteiger partial charge in [0.1, 0.15) is 0 Å². The summed E-state index contributed by atoms with van der Waals surface area (Å²) >= 11 is 0. The third-order valence-corrected chi connectivity index (χ3v) is 3.78. The second-order valence-electron chi connectivity index (χ2n) is 5.17. The van der Waals surface area contributed by atoms with Crippen LogP contribution in [0.2, 0.25) is 0 Å². The number of aliphatic hydroxyl groups excluding tert-OH is 1. The van der Waals surface area contributed by atoms with Crippen molar-refractivity contribution in [2.45, 2.75) is 64.0 Å². The van der Waals surface area contributed by atoms with Crippen LogP contribution in [0.15, 0.2) is 0 Å². The highest BCUT2D eigenvalue weighted by Gasteiger charge is 2.22. The van der Waals surface area contributed by atoms with E-state index in [4.69, 9.17) is 10.8 Å². The van der Waals surface area contributed by atoms with E-state index in [0.717, 1.165) is 18.9 Å². The fraction of sp³-hybridized carbons (Fsp3) is 1.00. The lowest BCUT2D eigenvalue weighted by Gasteiger charge is -2.29. The van der Waals surface area contributed by atoms with E-state index in [1.807, 2.05) is 0 Å². The topological polar surface area (TPSA) is 58.3 Å². The van der Waals surface area contributed by atoms with Crippen LogP contribution in [-0.2, 0) is 0 Å². The first-order chi connectivity index (χ1) is 7.77. The lowest BCUT2D eigenvalue weighted by atomic mass is 9.91. The largest absolute Gasteiger partial charge is 0.396 e. The molecule has 3 heteroatoms. The lowest BCUT2D eigenvalue weighted by molar-refractivity contribution is 0.244. The first kappa shape index (κ1) is 13.9. The van der Waals surface area contributed by atoms with Crippen LogP contribution in [0.5, 0.6) is 0 Å². The smallest absolute Gasteiger partial charge is 0.0445 e. The molecule has 0 aromatic rings. The fourth-order valence-corrected chi connectivity index (χ4v) is 2.75. The van der Waals surface area contributed by atoms with Crippen molar-refractivity contribution in [3.05, 3.63) is 0 Å². The van der Waals surface area contributed by atoms with Crippen molar-refractivity contribution in [3.63, 3.8) is 0 Å². The summed E-state index contributed by atoms with van der Waals surface area (Å²) in [5.74, 6) is 0.744. The van der Waals surface area contributed by atoms with Gasteiger partial charge in [-0.2, -0.15) is 0 Å². The number of nitrogens with one attached hydrogen (secondary N) is 1. The summed E-state index contributed by atoms with van der Waals surface area (Å²) < 4.78 is 0. The highest BCUT2D eigenvalue weighted by Crippen LogP contribution is 2.25. The predicted molar refractivity (Wildman–Crippen MR) is 68.3 cm³/mol. The molecule has 2 atom stereocenters. The predicted octanol–water partition coefficient (Wildman–Crippen LogP) is 1.64. The third-order valence-electron chi connectivity index (χ3n) is 3.78. The minimum absolute atomic E-state index is 0.260. The monoisotopic (exact) mass is 228 g/mol. The summed E-state index contributed by atoms with van der Waals surface area (Å²) in [6.45, 7) is 3.12. The van der Waals surface area contributed by atoms with Crippen molar-refractivity contribution in [2.75, 3.05) is 13.2 Å². The molecule has 0 aromatic carbocycles. The van der Waals surface area contributed by atoms with Crippen molar-refractivity contribution in [3.8, 4) is 0 Å². The molecule has 3 nitrogen and oxygen atoms in total. The normalized spacial score (nSPS) is 22.7. The van der Waals surface area contributed by atoms with E-state index in [1.54, 1.807) is 0 Å². The van der Waals surface area contributed by atoms with E-state index in [1.165, 1.54) is 38.5 Å². The highest BCUT2D eigenvalue weighted by molar-refractivity contribution is 4.81. The Morgan fingerprint density at radius 2 is 1.88 bits per heavy atom. The molecule has 1 aliphatic carbocycles. The van der Waals surface area contributed by atoms with Gasteiger partial charge in [0, 0.05) is 25.2 Å². The van der Waals surface area contributed by atoms with Gasteiger partial charge in [-0.15, -0.1) is 0 Å². The van der Waals surface area contributed by atoms with Crippen LogP contribution in [0, 0.1) is 5.92 Å². The molecule has 4 N–H and O–H groups in total. The summed E-state index contributed by atoms with van der Waals surface area (Å²) in [7, 11) is 0. The van der Waals surface area contributed by atoms with Crippen molar-refractivity contribution in [1.29, 1.82) is 0 Å². The molecule has 0 radical (unpaired) electrons. The molecule has 0 amide bonds. The highest BCUT2D eigenvalue weighted by atomic mass is 16.3. The second kappa shape index (κ2) is 8.04. The second-order valence-corrected chi connectivity index (χ2v) is 5.17. The van der Waals surface area contributed by atoms with E-state index in [2.05, 4.69) is 12.2 Å². The van der Waals surface area contributed by atoms with Crippen molar-refractivity contribution < 1.29 is 5.11 Å². The maximum Gasteiger partial charge on any atom is 0.0445 e. The van der Waals surface area contributed by atoms with Gasteiger partial charge < -0.3 is 16.2 Å². The first-order valence-corrected chi connectivity index (χ1v) is 6.85. The molecule has 0 heterocycles. The van der Waals surface area contributed by atoms with Gasteiger partial charge in [0.15, 0.2) is 0 Å². The van der Waals surface area contributed by atoms with Gasteiger partial charge in [0.25, 0.3) is 0 Å². The fourth-order valence-electron chi connectivity index (χ4n) is 2.75. The Labute approximate surface area is 99.8 Å². The molecule has 1 aliphatic rings. The zero-order valence-electron chi connectivity index (χ0n) is 10.6. The number of nitrogens with two attached hydrogens (primary N) is 1. The molecule has 0 bridgehead atoms. The van der Waals surface area contributed by atoms with E-state index in [0.29, 0.717) is 12.1 Å². The van der Waals surface area contributed by atoms with Gasteiger partial charge in [-0.25, -0.2) is 0 Å². The number of hydrogen-bond acceptors (Lipinski definition) is 3. The summed E-state index contributed by atoms with van der Waals surface area (Å²) in [5.41, 5.74) is 5.87. The molecular weight excluding hydrogens is 200 g/mol. The van der Waals surface area contributed by atoms with Crippen LogP contribution in [0.3, 0.4) is 0 Å². The maximum atomic E-state index is 8.91. The van der Waals surface area contributed by atoms with Crippen LogP contribution in [-0.4, -0.2) is 30.3 Å². The molecule has 16 heavy (non-hydrogen) atoms. The Balaban J connectivity index is 2.38. The van der Waals surface area contributed by atoms with Crippen LogP contribution >= 0.6 is 0 Å². The molecule has 96 valence electrons. The summed E-state index contributed by atoms with van der Waals surface area (Å²) in [5, 5.41) is 12.5. The quantitative estimate of drug-likeness (QED) is 0.606. The molecular formula is C13H28N2O. The summed E-state index contributed by atoms with van der Waals surface area (Å²) in [6, 6.07) is 0.821. The average molecular weight is 228 g/mol. The minimum atomic E-state index is 0.260. The summed E-state index contributed by atoms with van der Waals surface area (Å²) in [4.78, 5) is 0. The van der Waals surface area contributed by atoms with E-state index >= 15 is 0 Å².